The zero-order valence-electron chi connectivity index (χ0n) is 9.99. The second-order valence-electron chi connectivity index (χ2n) is 4.15. The number of hydrogen-bond donors (Lipinski definition) is 1. The predicted octanol–water partition coefficient (Wildman–Crippen LogP) is 1.18. The molecule has 0 aliphatic heterocycles. The summed E-state index contributed by atoms with van der Waals surface area (Å²) in [5.74, 6) is -0.620. The molecule has 1 aromatic rings. The molecule has 0 aromatic carbocycles. The summed E-state index contributed by atoms with van der Waals surface area (Å²) < 4.78 is 42.5. The van der Waals surface area contributed by atoms with Crippen LogP contribution in [-0.2, 0) is 22.3 Å². The molecule has 18 heavy (non-hydrogen) atoms. The highest BCUT2D eigenvalue weighted by molar-refractivity contribution is 5.79. The lowest BCUT2D eigenvalue weighted by atomic mass is 10.00. The first kappa shape index (κ1) is 14.5. The largest absolute Gasteiger partial charge is 0.468 e. The fraction of sp³-hybridized carbons (Fsp3) is 0.600. The number of halogens is 3. The summed E-state index contributed by atoms with van der Waals surface area (Å²) in [6.45, 7) is 1.55. The van der Waals surface area contributed by atoms with E-state index in [0.29, 0.717) is 0 Å². The lowest BCUT2D eigenvalue weighted by Crippen LogP contribution is -2.46. The average Bonchev–Trinajstić information content (AvgIpc) is 2.73. The van der Waals surface area contributed by atoms with Crippen LogP contribution in [-0.4, -0.2) is 28.4 Å². The monoisotopic (exact) mass is 265 g/mol. The third kappa shape index (κ3) is 3.46. The first-order chi connectivity index (χ1) is 8.16. The van der Waals surface area contributed by atoms with Gasteiger partial charge in [-0.3, -0.25) is 9.48 Å². The standard InChI is InChI=1S/C10H14F3N3O2/c1-9(14,8(17)18-2)3-4-16-6-7(5-15-16)10(11,12)13/h5-6H,3-4,14H2,1-2H3. The zero-order valence-corrected chi connectivity index (χ0v) is 9.99. The third-order valence-electron chi connectivity index (χ3n) is 2.47. The maximum absolute atomic E-state index is 12.3. The lowest BCUT2D eigenvalue weighted by molar-refractivity contribution is -0.146. The number of alkyl halides is 3. The van der Waals surface area contributed by atoms with E-state index < -0.39 is 23.2 Å². The Balaban J connectivity index is 2.65. The highest BCUT2D eigenvalue weighted by Gasteiger charge is 2.33. The molecular weight excluding hydrogens is 251 g/mol. The SMILES string of the molecule is COC(=O)C(C)(N)CCn1cc(C(F)(F)F)cn1. The minimum atomic E-state index is -4.42. The maximum Gasteiger partial charge on any atom is 0.419 e. The summed E-state index contributed by atoms with van der Waals surface area (Å²) in [7, 11) is 1.20. The van der Waals surface area contributed by atoms with E-state index in [1.165, 1.54) is 14.0 Å². The number of aryl methyl sites for hydroxylation is 1. The molecule has 0 spiro atoms. The highest BCUT2D eigenvalue weighted by atomic mass is 19.4. The summed E-state index contributed by atoms with van der Waals surface area (Å²) in [6.07, 6.45) is -2.70. The number of hydrogen-bond acceptors (Lipinski definition) is 4. The number of ether oxygens (including phenoxy) is 1. The molecule has 1 rings (SSSR count). The Morgan fingerprint density at radius 2 is 2.17 bits per heavy atom. The molecule has 1 atom stereocenters. The summed E-state index contributed by atoms with van der Waals surface area (Å²) >= 11 is 0. The van der Waals surface area contributed by atoms with Crippen molar-refractivity contribution in [3.63, 3.8) is 0 Å². The Labute approximate surface area is 102 Å². The first-order valence-corrected chi connectivity index (χ1v) is 5.14. The van der Waals surface area contributed by atoms with Gasteiger partial charge in [0.05, 0.1) is 18.9 Å². The topological polar surface area (TPSA) is 70.1 Å². The molecule has 0 saturated carbocycles. The molecule has 1 unspecified atom stereocenters. The van der Waals surface area contributed by atoms with E-state index in [0.717, 1.165) is 17.1 Å². The molecule has 102 valence electrons. The molecule has 0 aliphatic rings. The normalized spacial score (nSPS) is 15.2. The van der Waals surface area contributed by atoms with Crippen LogP contribution in [0, 0.1) is 0 Å². The van der Waals surface area contributed by atoms with E-state index >= 15 is 0 Å². The molecule has 0 aliphatic carbocycles. The van der Waals surface area contributed by atoms with Gasteiger partial charge in [-0.2, -0.15) is 18.3 Å². The molecule has 8 heteroatoms. The molecule has 1 heterocycles. The van der Waals surface area contributed by atoms with Crippen molar-refractivity contribution in [2.45, 2.75) is 31.6 Å². The molecule has 0 radical (unpaired) electrons. The van der Waals surface area contributed by atoms with Gasteiger partial charge in [0.1, 0.15) is 5.54 Å². The van der Waals surface area contributed by atoms with Gasteiger partial charge in [-0.25, -0.2) is 0 Å². The van der Waals surface area contributed by atoms with Crippen LogP contribution in [0.1, 0.15) is 18.9 Å². The van der Waals surface area contributed by atoms with Crippen LogP contribution in [0.3, 0.4) is 0 Å². The van der Waals surface area contributed by atoms with Gasteiger partial charge in [0.25, 0.3) is 0 Å². The van der Waals surface area contributed by atoms with E-state index in [1.54, 1.807) is 0 Å². The summed E-state index contributed by atoms with van der Waals surface area (Å²) in [5, 5.41) is 3.56. The Hall–Kier alpha value is -1.57. The van der Waals surface area contributed by atoms with Crippen LogP contribution in [0.15, 0.2) is 12.4 Å². The molecule has 1 aromatic heterocycles. The molecule has 0 saturated heterocycles. The van der Waals surface area contributed by atoms with Gasteiger partial charge in [-0.1, -0.05) is 0 Å². The molecule has 2 N–H and O–H groups in total. The smallest absolute Gasteiger partial charge is 0.419 e. The minimum Gasteiger partial charge on any atom is -0.468 e. The van der Waals surface area contributed by atoms with Crippen molar-refractivity contribution < 1.29 is 22.7 Å². The Bertz CT molecular complexity index is 426. The molecular formula is C10H14F3N3O2. The fourth-order valence-electron chi connectivity index (χ4n) is 1.31. The van der Waals surface area contributed by atoms with E-state index in [2.05, 4.69) is 9.84 Å². The Morgan fingerprint density at radius 3 is 2.61 bits per heavy atom. The number of aromatic nitrogens is 2. The fourth-order valence-corrected chi connectivity index (χ4v) is 1.31. The van der Waals surface area contributed by atoms with Crippen LogP contribution >= 0.6 is 0 Å². The minimum absolute atomic E-state index is 0.0954. The second-order valence-corrected chi connectivity index (χ2v) is 4.15. The first-order valence-electron chi connectivity index (χ1n) is 5.14. The second kappa shape index (κ2) is 4.97. The number of carbonyl (C=O) groups is 1. The number of esters is 1. The van der Waals surface area contributed by atoms with Gasteiger partial charge in [0.2, 0.25) is 0 Å². The van der Waals surface area contributed by atoms with Crippen molar-refractivity contribution in [3.05, 3.63) is 18.0 Å². The van der Waals surface area contributed by atoms with Crippen LogP contribution in [0.2, 0.25) is 0 Å². The average molecular weight is 265 g/mol. The van der Waals surface area contributed by atoms with Gasteiger partial charge in [-0.15, -0.1) is 0 Å². The Kier molecular flexibility index (Phi) is 4.00. The zero-order chi connectivity index (χ0) is 14.0. The van der Waals surface area contributed by atoms with Crippen LogP contribution in [0.4, 0.5) is 13.2 Å². The number of rotatable bonds is 4. The van der Waals surface area contributed by atoms with E-state index in [4.69, 9.17) is 5.73 Å². The van der Waals surface area contributed by atoms with Crippen molar-refractivity contribution in [1.29, 1.82) is 0 Å². The van der Waals surface area contributed by atoms with Gasteiger partial charge in [-0.05, 0) is 13.3 Å². The maximum atomic E-state index is 12.3. The van der Waals surface area contributed by atoms with Crippen molar-refractivity contribution >= 4 is 5.97 Å². The molecule has 0 bridgehead atoms. The van der Waals surface area contributed by atoms with E-state index in [1.807, 2.05) is 0 Å². The summed E-state index contributed by atoms with van der Waals surface area (Å²) in [4.78, 5) is 11.3. The number of nitrogens with zero attached hydrogens (tertiary/aromatic N) is 2. The number of carbonyl (C=O) groups excluding carboxylic acids is 1. The van der Waals surface area contributed by atoms with E-state index in [-0.39, 0.29) is 13.0 Å². The number of methoxy groups -OCH3 is 1. The molecule has 0 amide bonds. The van der Waals surface area contributed by atoms with Gasteiger partial charge in [0, 0.05) is 12.7 Å². The predicted molar refractivity (Wildman–Crippen MR) is 56.5 cm³/mol. The van der Waals surface area contributed by atoms with Crippen molar-refractivity contribution in [2.75, 3.05) is 7.11 Å². The van der Waals surface area contributed by atoms with Crippen molar-refractivity contribution in [3.8, 4) is 0 Å². The van der Waals surface area contributed by atoms with Crippen LogP contribution in [0.5, 0.6) is 0 Å². The quantitative estimate of drug-likeness (QED) is 0.830. The lowest BCUT2D eigenvalue weighted by Gasteiger charge is -2.20. The summed E-state index contributed by atoms with van der Waals surface area (Å²) in [5.41, 5.74) is 3.59. The Morgan fingerprint density at radius 1 is 1.56 bits per heavy atom. The van der Waals surface area contributed by atoms with Crippen LogP contribution in [0.25, 0.3) is 0 Å². The van der Waals surface area contributed by atoms with Crippen molar-refractivity contribution in [1.82, 2.24) is 9.78 Å². The van der Waals surface area contributed by atoms with Crippen molar-refractivity contribution in [2.24, 2.45) is 5.73 Å². The molecule has 0 fully saturated rings. The van der Waals surface area contributed by atoms with Crippen LogP contribution < -0.4 is 5.73 Å². The highest BCUT2D eigenvalue weighted by Crippen LogP contribution is 2.28. The third-order valence-corrected chi connectivity index (χ3v) is 2.47. The molecule has 5 nitrogen and oxygen atoms in total. The summed E-state index contributed by atoms with van der Waals surface area (Å²) in [6, 6.07) is 0. The van der Waals surface area contributed by atoms with Gasteiger partial charge >= 0.3 is 12.1 Å². The van der Waals surface area contributed by atoms with Gasteiger partial charge < -0.3 is 10.5 Å². The number of nitrogens with two attached hydrogens (primary N) is 1. The van der Waals surface area contributed by atoms with E-state index in [9.17, 15) is 18.0 Å². The van der Waals surface area contributed by atoms with Gasteiger partial charge in [0.15, 0.2) is 0 Å².